The Morgan fingerprint density at radius 3 is 2.89 bits per heavy atom. The Morgan fingerprint density at radius 2 is 2.17 bits per heavy atom. The van der Waals surface area contributed by atoms with Crippen molar-refractivity contribution in [2.45, 2.75) is 19.8 Å². The van der Waals surface area contributed by atoms with Crippen LogP contribution in [0.1, 0.15) is 18.9 Å². The van der Waals surface area contributed by atoms with Crippen LogP contribution in [0.4, 0.5) is 0 Å². The molecule has 0 aromatic carbocycles. The zero-order valence-corrected chi connectivity index (χ0v) is 11.2. The largest absolute Gasteiger partial charge is 0.293 e. The molecule has 0 N–H and O–H groups in total. The molecule has 0 aliphatic rings. The fourth-order valence-electron chi connectivity index (χ4n) is 1.65. The van der Waals surface area contributed by atoms with Crippen molar-refractivity contribution in [2.75, 3.05) is 0 Å². The highest BCUT2D eigenvalue weighted by atomic mass is 35.5. The Kier molecular flexibility index (Phi) is 3.99. The number of hydrogen-bond acceptors (Lipinski definition) is 3. The zero-order chi connectivity index (χ0) is 13.1. The van der Waals surface area contributed by atoms with Crippen molar-refractivity contribution < 1.29 is 0 Å². The van der Waals surface area contributed by atoms with Crippen molar-refractivity contribution >= 4 is 23.2 Å². The Balaban J connectivity index is 2.63. The highest BCUT2D eigenvalue weighted by Crippen LogP contribution is 2.17. The molecule has 2 rings (SSSR count). The third-order valence-electron chi connectivity index (χ3n) is 2.46. The summed E-state index contributed by atoms with van der Waals surface area (Å²) in [5, 5.41) is 4.08. The number of aryl methyl sites for hydroxylation is 1. The van der Waals surface area contributed by atoms with E-state index in [4.69, 9.17) is 23.2 Å². The third-order valence-corrected chi connectivity index (χ3v) is 3.21. The van der Waals surface area contributed by atoms with Crippen LogP contribution in [0.2, 0.25) is 10.0 Å². The van der Waals surface area contributed by atoms with Crippen LogP contribution in [0.5, 0.6) is 0 Å². The molecule has 2 aromatic heterocycles. The highest BCUT2D eigenvalue weighted by Gasteiger charge is 2.12. The van der Waals surface area contributed by atoms with Gasteiger partial charge in [0.25, 0.3) is 5.56 Å². The summed E-state index contributed by atoms with van der Waals surface area (Å²) < 4.78 is 1.18. The molecule has 6 heteroatoms. The van der Waals surface area contributed by atoms with Gasteiger partial charge >= 0.3 is 0 Å². The van der Waals surface area contributed by atoms with Crippen molar-refractivity contribution in [3.05, 3.63) is 50.5 Å². The molecule has 0 atom stereocenters. The third kappa shape index (κ3) is 2.40. The van der Waals surface area contributed by atoms with E-state index in [0.717, 1.165) is 18.4 Å². The van der Waals surface area contributed by atoms with Crippen LogP contribution in [0.25, 0.3) is 5.82 Å². The lowest BCUT2D eigenvalue weighted by Gasteiger charge is -2.09. The van der Waals surface area contributed by atoms with Gasteiger partial charge < -0.3 is 0 Å². The second kappa shape index (κ2) is 5.50. The summed E-state index contributed by atoms with van der Waals surface area (Å²) in [7, 11) is 0. The van der Waals surface area contributed by atoms with E-state index in [0.29, 0.717) is 5.82 Å². The Morgan fingerprint density at radius 1 is 1.39 bits per heavy atom. The number of halogens is 2. The SMILES string of the molecule is CCCc1cccnc1-n1ncc(Cl)c(Cl)c1=O. The van der Waals surface area contributed by atoms with Crippen LogP contribution < -0.4 is 5.56 Å². The van der Waals surface area contributed by atoms with Gasteiger partial charge in [-0.1, -0.05) is 42.6 Å². The molecule has 0 saturated heterocycles. The van der Waals surface area contributed by atoms with Crippen molar-refractivity contribution in [1.82, 2.24) is 14.8 Å². The van der Waals surface area contributed by atoms with E-state index >= 15 is 0 Å². The van der Waals surface area contributed by atoms with Gasteiger partial charge in [-0.15, -0.1) is 0 Å². The average molecular weight is 284 g/mol. The Bertz CT molecular complexity index is 625. The van der Waals surface area contributed by atoms with E-state index in [9.17, 15) is 4.79 Å². The molecule has 0 amide bonds. The molecule has 0 radical (unpaired) electrons. The molecular weight excluding hydrogens is 273 g/mol. The summed E-state index contributed by atoms with van der Waals surface area (Å²) >= 11 is 11.6. The first-order chi connectivity index (χ1) is 8.65. The van der Waals surface area contributed by atoms with E-state index in [1.165, 1.54) is 10.9 Å². The summed E-state index contributed by atoms with van der Waals surface area (Å²) in [6.45, 7) is 2.06. The molecule has 0 bridgehead atoms. The van der Waals surface area contributed by atoms with Crippen molar-refractivity contribution in [3.63, 3.8) is 0 Å². The molecule has 18 heavy (non-hydrogen) atoms. The molecule has 0 aliphatic heterocycles. The van der Waals surface area contributed by atoms with Crippen LogP contribution in [0.15, 0.2) is 29.3 Å². The fraction of sp³-hybridized carbons (Fsp3) is 0.250. The first-order valence-corrected chi connectivity index (χ1v) is 6.28. The van der Waals surface area contributed by atoms with Crippen molar-refractivity contribution in [1.29, 1.82) is 0 Å². The molecule has 0 spiro atoms. The van der Waals surface area contributed by atoms with Gasteiger partial charge in [0.05, 0.1) is 11.2 Å². The van der Waals surface area contributed by atoms with Crippen LogP contribution >= 0.6 is 23.2 Å². The highest BCUT2D eigenvalue weighted by molar-refractivity contribution is 6.41. The van der Waals surface area contributed by atoms with Crippen molar-refractivity contribution in [3.8, 4) is 5.82 Å². The van der Waals surface area contributed by atoms with E-state index in [1.54, 1.807) is 6.20 Å². The van der Waals surface area contributed by atoms with Crippen LogP contribution in [-0.4, -0.2) is 14.8 Å². The van der Waals surface area contributed by atoms with E-state index in [1.807, 2.05) is 12.1 Å². The lowest BCUT2D eigenvalue weighted by atomic mass is 10.1. The normalized spacial score (nSPS) is 10.6. The summed E-state index contributed by atoms with van der Waals surface area (Å²) in [6, 6.07) is 3.75. The maximum absolute atomic E-state index is 12.0. The average Bonchev–Trinajstić information content (AvgIpc) is 2.38. The molecule has 94 valence electrons. The minimum Gasteiger partial charge on any atom is -0.266 e. The Hall–Kier alpha value is -1.39. The maximum Gasteiger partial charge on any atom is 0.293 e. The molecule has 0 unspecified atom stereocenters. The summed E-state index contributed by atoms with van der Waals surface area (Å²) in [5.41, 5.74) is 0.494. The van der Waals surface area contributed by atoms with E-state index in [-0.39, 0.29) is 10.0 Å². The Labute approximate surface area is 114 Å². The lowest BCUT2D eigenvalue weighted by molar-refractivity contribution is 0.760. The minimum atomic E-state index is -0.458. The van der Waals surface area contributed by atoms with Crippen molar-refractivity contribution in [2.24, 2.45) is 0 Å². The zero-order valence-electron chi connectivity index (χ0n) is 9.73. The summed E-state index contributed by atoms with van der Waals surface area (Å²) in [5.74, 6) is 0.503. The number of rotatable bonds is 3. The van der Waals surface area contributed by atoms with Gasteiger partial charge in [-0.05, 0) is 18.1 Å². The van der Waals surface area contributed by atoms with Gasteiger partial charge in [-0.3, -0.25) is 4.79 Å². The maximum atomic E-state index is 12.0. The van der Waals surface area contributed by atoms with Gasteiger partial charge in [0.2, 0.25) is 0 Å². The van der Waals surface area contributed by atoms with Gasteiger partial charge in [0.15, 0.2) is 5.82 Å². The first-order valence-electron chi connectivity index (χ1n) is 5.52. The smallest absolute Gasteiger partial charge is 0.266 e. The molecular formula is C12H11Cl2N3O. The number of nitrogens with zero attached hydrogens (tertiary/aromatic N) is 3. The molecule has 0 saturated carbocycles. The monoisotopic (exact) mass is 283 g/mol. The number of pyridine rings is 1. The quantitative estimate of drug-likeness (QED) is 0.870. The molecule has 0 aliphatic carbocycles. The number of aromatic nitrogens is 3. The fourth-order valence-corrected chi connectivity index (χ4v) is 1.90. The topological polar surface area (TPSA) is 47.8 Å². The molecule has 0 fully saturated rings. The van der Waals surface area contributed by atoms with Crippen LogP contribution in [0, 0.1) is 0 Å². The lowest BCUT2D eigenvalue weighted by Crippen LogP contribution is -2.23. The van der Waals surface area contributed by atoms with Crippen LogP contribution in [-0.2, 0) is 6.42 Å². The molecule has 2 heterocycles. The minimum absolute atomic E-state index is 0.0419. The predicted octanol–water partition coefficient (Wildman–Crippen LogP) is 2.89. The summed E-state index contributed by atoms with van der Waals surface area (Å²) in [6.07, 6.45) is 4.73. The number of hydrogen-bond donors (Lipinski definition) is 0. The first kappa shape index (κ1) is 13.1. The predicted molar refractivity (Wildman–Crippen MR) is 71.6 cm³/mol. The van der Waals surface area contributed by atoms with Crippen LogP contribution in [0.3, 0.4) is 0 Å². The summed E-state index contributed by atoms with van der Waals surface area (Å²) in [4.78, 5) is 16.2. The van der Waals surface area contributed by atoms with Gasteiger partial charge in [-0.2, -0.15) is 9.78 Å². The second-order valence-electron chi connectivity index (χ2n) is 3.76. The van der Waals surface area contributed by atoms with Gasteiger partial charge in [0, 0.05) is 6.20 Å². The van der Waals surface area contributed by atoms with E-state index in [2.05, 4.69) is 17.0 Å². The molecule has 2 aromatic rings. The van der Waals surface area contributed by atoms with Gasteiger partial charge in [0.1, 0.15) is 5.02 Å². The second-order valence-corrected chi connectivity index (χ2v) is 4.54. The van der Waals surface area contributed by atoms with Gasteiger partial charge in [-0.25, -0.2) is 4.98 Å². The van der Waals surface area contributed by atoms with E-state index < -0.39 is 5.56 Å². The standard InChI is InChI=1S/C12H11Cl2N3O/c1-2-4-8-5-3-6-15-11(8)17-12(18)10(14)9(13)7-16-17/h3,5-7H,2,4H2,1H3. The molecule has 4 nitrogen and oxygen atoms in total.